The molecule has 0 radical (unpaired) electrons. The van der Waals surface area contributed by atoms with E-state index in [0.29, 0.717) is 12.1 Å². The van der Waals surface area contributed by atoms with Gasteiger partial charge in [-0.25, -0.2) is 8.42 Å². The fourth-order valence-electron chi connectivity index (χ4n) is 3.58. The fourth-order valence-corrected chi connectivity index (χ4v) is 5.32. The summed E-state index contributed by atoms with van der Waals surface area (Å²) in [4.78, 5) is 16.8. The van der Waals surface area contributed by atoms with Gasteiger partial charge >= 0.3 is 0 Å². The monoisotopic (exact) mass is 493 g/mol. The number of piperazine rings is 1. The van der Waals surface area contributed by atoms with Crippen molar-refractivity contribution in [2.45, 2.75) is 12.2 Å². The SMILES string of the molecule is O=C(CS(=O)(=O)Cc1cccc(Br)c1)NCCCN1CCN(c2ccccc2)CC1. The van der Waals surface area contributed by atoms with E-state index in [1.165, 1.54) is 5.69 Å². The van der Waals surface area contributed by atoms with Crippen LogP contribution in [0, 0.1) is 0 Å². The van der Waals surface area contributed by atoms with Crippen molar-refractivity contribution < 1.29 is 13.2 Å². The highest BCUT2D eigenvalue weighted by Gasteiger charge is 2.19. The van der Waals surface area contributed by atoms with Crippen LogP contribution < -0.4 is 10.2 Å². The molecule has 0 saturated carbocycles. The molecule has 162 valence electrons. The maximum atomic E-state index is 12.3. The minimum atomic E-state index is -3.49. The largest absolute Gasteiger partial charge is 0.369 e. The van der Waals surface area contributed by atoms with Gasteiger partial charge in [-0.15, -0.1) is 0 Å². The quantitative estimate of drug-likeness (QED) is 0.543. The maximum absolute atomic E-state index is 12.3. The van der Waals surface area contributed by atoms with Crippen molar-refractivity contribution in [3.05, 3.63) is 64.6 Å². The van der Waals surface area contributed by atoms with Gasteiger partial charge in [-0.2, -0.15) is 0 Å². The van der Waals surface area contributed by atoms with Crippen molar-refractivity contribution in [1.82, 2.24) is 10.2 Å². The van der Waals surface area contributed by atoms with Crippen molar-refractivity contribution >= 4 is 37.4 Å². The average Bonchev–Trinajstić information content (AvgIpc) is 2.71. The van der Waals surface area contributed by atoms with Crippen molar-refractivity contribution in [3.8, 4) is 0 Å². The second-order valence-electron chi connectivity index (χ2n) is 7.53. The van der Waals surface area contributed by atoms with E-state index in [2.05, 4.69) is 55.3 Å². The van der Waals surface area contributed by atoms with Crippen molar-refractivity contribution in [1.29, 1.82) is 0 Å². The highest BCUT2D eigenvalue weighted by Crippen LogP contribution is 2.16. The molecule has 0 atom stereocenters. The number of amides is 1. The zero-order valence-corrected chi connectivity index (χ0v) is 19.4. The van der Waals surface area contributed by atoms with Gasteiger partial charge < -0.3 is 10.2 Å². The van der Waals surface area contributed by atoms with E-state index in [1.807, 2.05) is 12.1 Å². The van der Waals surface area contributed by atoms with Gasteiger partial charge in [-0.3, -0.25) is 9.69 Å². The number of carbonyl (C=O) groups is 1. The lowest BCUT2D eigenvalue weighted by molar-refractivity contribution is -0.118. The predicted octanol–water partition coefficient (Wildman–Crippen LogP) is 2.69. The molecule has 30 heavy (non-hydrogen) atoms. The van der Waals surface area contributed by atoms with Gasteiger partial charge in [0.25, 0.3) is 0 Å². The number of anilines is 1. The lowest BCUT2D eigenvalue weighted by Gasteiger charge is -2.36. The Morgan fingerprint density at radius 1 is 1.00 bits per heavy atom. The number of rotatable bonds is 9. The highest BCUT2D eigenvalue weighted by atomic mass is 79.9. The number of nitrogens with one attached hydrogen (secondary N) is 1. The van der Waals surface area contributed by atoms with Crippen LogP contribution in [0.1, 0.15) is 12.0 Å². The molecular formula is C22H28BrN3O3S. The predicted molar refractivity (Wildman–Crippen MR) is 124 cm³/mol. The number of hydrogen-bond donors (Lipinski definition) is 1. The van der Waals surface area contributed by atoms with Crippen LogP contribution in [-0.4, -0.2) is 64.2 Å². The molecule has 1 amide bonds. The van der Waals surface area contributed by atoms with Crippen LogP contribution in [0.15, 0.2) is 59.1 Å². The molecule has 3 rings (SSSR count). The summed E-state index contributed by atoms with van der Waals surface area (Å²) < 4.78 is 25.3. The van der Waals surface area contributed by atoms with Gasteiger partial charge in [-0.05, 0) is 42.8 Å². The number of halogens is 1. The summed E-state index contributed by atoms with van der Waals surface area (Å²) in [5.41, 5.74) is 1.93. The molecule has 1 N–H and O–H groups in total. The van der Waals surface area contributed by atoms with E-state index in [-0.39, 0.29) is 5.75 Å². The molecule has 1 aliphatic heterocycles. The zero-order chi connectivity index (χ0) is 21.4. The number of hydrogen-bond acceptors (Lipinski definition) is 5. The Balaban J connectivity index is 1.32. The molecule has 2 aromatic rings. The van der Waals surface area contributed by atoms with Crippen molar-refractivity contribution in [2.24, 2.45) is 0 Å². The maximum Gasteiger partial charge on any atom is 0.235 e. The molecule has 6 nitrogen and oxygen atoms in total. The highest BCUT2D eigenvalue weighted by molar-refractivity contribution is 9.10. The Morgan fingerprint density at radius 2 is 1.73 bits per heavy atom. The zero-order valence-electron chi connectivity index (χ0n) is 17.0. The molecule has 1 saturated heterocycles. The first-order chi connectivity index (χ1) is 14.4. The molecule has 0 aromatic heterocycles. The number of sulfone groups is 1. The molecular weight excluding hydrogens is 466 g/mol. The molecule has 2 aromatic carbocycles. The molecule has 1 heterocycles. The first-order valence-electron chi connectivity index (χ1n) is 10.2. The minimum absolute atomic E-state index is 0.133. The van der Waals surface area contributed by atoms with Gasteiger partial charge in [0.05, 0.1) is 5.75 Å². The summed E-state index contributed by atoms with van der Waals surface area (Å²) in [6, 6.07) is 17.5. The standard InChI is InChI=1S/C22H28BrN3O3S/c23-20-7-4-6-19(16-20)17-30(28,29)18-22(27)24-10-5-11-25-12-14-26(15-13-25)21-8-2-1-3-9-21/h1-4,6-9,16H,5,10-15,17-18H2,(H,24,27). The van der Waals surface area contributed by atoms with E-state index < -0.39 is 21.5 Å². The minimum Gasteiger partial charge on any atom is -0.369 e. The van der Waals surface area contributed by atoms with Gasteiger partial charge in [-0.1, -0.05) is 46.3 Å². The van der Waals surface area contributed by atoms with Gasteiger partial charge in [0, 0.05) is 42.9 Å². The van der Waals surface area contributed by atoms with Gasteiger partial charge in [0.1, 0.15) is 5.75 Å². The molecule has 0 bridgehead atoms. The Labute approximate surface area is 187 Å². The molecule has 1 fully saturated rings. The lowest BCUT2D eigenvalue weighted by Crippen LogP contribution is -2.47. The summed E-state index contributed by atoms with van der Waals surface area (Å²) in [5, 5.41) is 2.75. The summed E-state index contributed by atoms with van der Waals surface area (Å²) in [7, 11) is -3.49. The molecule has 0 aliphatic carbocycles. The normalized spacial score (nSPS) is 15.2. The first-order valence-corrected chi connectivity index (χ1v) is 12.8. The van der Waals surface area contributed by atoms with Crippen molar-refractivity contribution in [3.63, 3.8) is 0 Å². The van der Waals surface area contributed by atoms with Crippen LogP contribution in [0.5, 0.6) is 0 Å². The Morgan fingerprint density at radius 3 is 2.43 bits per heavy atom. The smallest absolute Gasteiger partial charge is 0.235 e. The third kappa shape index (κ3) is 7.41. The van der Waals surface area contributed by atoms with Crippen LogP contribution in [0.25, 0.3) is 0 Å². The van der Waals surface area contributed by atoms with E-state index in [1.54, 1.807) is 18.2 Å². The van der Waals surface area contributed by atoms with Crippen LogP contribution >= 0.6 is 15.9 Å². The molecule has 1 aliphatic rings. The molecule has 8 heteroatoms. The first kappa shape index (κ1) is 22.8. The lowest BCUT2D eigenvalue weighted by atomic mass is 10.2. The van der Waals surface area contributed by atoms with Gasteiger partial charge in [0.15, 0.2) is 9.84 Å². The topological polar surface area (TPSA) is 69.7 Å². The average molecular weight is 494 g/mol. The Hall–Kier alpha value is -1.90. The van der Waals surface area contributed by atoms with Crippen LogP contribution in [-0.2, 0) is 20.4 Å². The Bertz CT molecular complexity index is 930. The summed E-state index contributed by atoms with van der Waals surface area (Å²) in [6.45, 7) is 5.35. The van der Waals surface area contributed by atoms with E-state index in [0.717, 1.165) is 43.6 Å². The third-order valence-electron chi connectivity index (χ3n) is 5.09. The van der Waals surface area contributed by atoms with Crippen LogP contribution in [0.2, 0.25) is 0 Å². The summed E-state index contributed by atoms with van der Waals surface area (Å²) >= 11 is 3.33. The second-order valence-corrected chi connectivity index (χ2v) is 10.5. The fraction of sp³-hybridized carbons (Fsp3) is 0.409. The number of carbonyl (C=O) groups excluding carboxylic acids is 1. The molecule has 0 unspecified atom stereocenters. The van der Waals surface area contributed by atoms with Crippen molar-refractivity contribution in [2.75, 3.05) is 49.9 Å². The van der Waals surface area contributed by atoms with Crippen LogP contribution in [0.4, 0.5) is 5.69 Å². The number of para-hydroxylation sites is 1. The second kappa shape index (κ2) is 10.9. The van der Waals surface area contributed by atoms with E-state index in [9.17, 15) is 13.2 Å². The third-order valence-corrected chi connectivity index (χ3v) is 7.06. The van der Waals surface area contributed by atoms with E-state index >= 15 is 0 Å². The summed E-state index contributed by atoms with van der Waals surface area (Å²) in [5.74, 6) is -1.04. The van der Waals surface area contributed by atoms with Crippen LogP contribution in [0.3, 0.4) is 0 Å². The molecule has 0 spiro atoms. The van der Waals surface area contributed by atoms with Gasteiger partial charge in [0.2, 0.25) is 5.91 Å². The number of nitrogens with zero attached hydrogens (tertiary/aromatic N) is 2. The van der Waals surface area contributed by atoms with E-state index in [4.69, 9.17) is 0 Å². The number of benzene rings is 2. The Kier molecular flexibility index (Phi) is 8.30. The summed E-state index contributed by atoms with van der Waals surface area (Å²) in [6.07, 6.45) is 0.808.